The van der Waals surface area contributed by atoms with Gasteiger partial charge in [0.1, 0.15) is 5.75 Å². The van der Waals surface area contributed by atoms with E-state index >= 15 is 0 Å². The minimum absolute atomic E-state index is 0. The Hall–Kier alpha value is -1.37. The topological polar surface area (TPSA) is 104 Å². The van der Waals surface area contributed by atoms with Gasteiger partial charge in [-0.15, -0.1) is 0 Å². The molecule has 1 N–H and O–H groups in total. The fraction of sp³-hybridized carbons (Fsp3) is 0.308. The molecular weight excluding hydrogens is 275 g/mol. The number of hydrogen-bond donors (Lipinski definition) is 1. The molecule has 102 valence electrons. The first-order chi connectivity index (χ1) is 8.99. The van der Waals surface area contributed by atoms with Gasteiger partial charge in [-0.05, 0) is 37.5 Å². The van der Waals surface area contributed by atoms with Crippen LogP contribution in [0.4, 0.5) is 0 Å². The van der Waals surface area contributed by atoms with Crippen molar-refractivity contribution in [1.82, 2.24) is 0 Å². The van der Waals surface area contributed by atoms with Crippen molar-refractivity contribution in [2.75, 3.05) is 0 Å². The Labute approximate surface area is 138 Å². The first-order valence-electron chi connectivity index (χ1n) is 5.73. The number of rotatable bonds is 7. The Bertz CT molecular complexity index is 486. The van der Waals surface area contributed by atoms with Gasteiger partial charge in [-0.1, -0.05) is 6.07 Å². The average molecular weight is 288 g/mol. The molecule has 0 saturated heterocycles. The molecule has 0 fully saturated rings. The number of carboxylic acid groups (broad SMARTS) is 2. The number of unbranched alkanes of at least 4 members (excludes halogenated alkanes) is 1. The molecule has 0 spiro atoms. The second-order valence-corrected chi connectivity index (χ2v) is 3.89. The molecule has 6 nitrogen and oxygen atoms in total. The van der Waals surface area contributed by atoms with Crippen molar-refractivity contribution in [3.8, 4) is 5.75 Å². The number of hydrogen-bond acceptors (Lipinski definition) is 5. The van der Waals surface area contributed by atoms with Crippen molar-refractivity contribution in [3.05, 3.63) is 29.8 Å². The number of benzene rings is 1. The molecule has 0 aliphatic carbocycles. The summed E-state index contributed by atoms with van der Waals surface area (Å²) in [7, 11) is 0. The minimum atomic E-state index is -1.15. The fourth-order valence-electron chi connectivity index (χ4n) is 1.41. The Morgan fingerprint density at radius 1 is 1.15 bits per heavy atom. The molecule has 0 bridgehead atoms. The molecule has 0 atom stereocenters. The van der Waals surface area contributed by atoms with Crippen LogP contribution < -0.4 is 39.4 Å². The van der Waals surface area contributed by atoms with Crippen LogP contribution in [-0.4, -0.2) is 23.0 Å². The number of esters is 1. The summed E-state index contributed by atoms with van der Waals surface area (Å²) in [4.78, 5) is 32.3. The van der Waals surface area contributed by atoms with Crippen molar-refractivity contribution < 1.29 is 58.9 Å². The largest absolute Gasteiger partial charge is 1.00 e. The van der Waals surface area contributed by atoms with E-state index in [1.807, 2.05) is 0 Å². The zero-order chi connectivity index (χ0) is 14.3. The standard InChI is InChI=1S/C13H14O6.Na/c14-11(15)6-1-2-7-12(16)19-10-5-3-4-9(8-10)13(17)18;/h3-5,8H,1-2,6-7H2,(H,14,15)(H,17,18);/q;+1/p-1. The molecule has 0 aliphatic rings. The maximum Gasteiger partial charge on any atom is 1.00 e. The van der Waals surface area contributed by atoms with Gasteiger partial charge in [0.15, 0.2) is 0 Å². The third-order valence-corrected chi connectivity index (χ3v) is 2.32. The molecule has 0 amide bonds. The zero-order valence-electron chi connectivity index (χ0n) is 11.1. The summed E-state index contributed by atoms with van der Waals surface area (Å²) in [5.74, 6) is -2.62. The molecule has 7 heteroatoms. The van der Waals surface area contributed by atoms with Gasteiger partial charge in [-0.3, -0.25) is 4.79 Å². The SMILES string of the molecule is O=C([O-])CCCCC(=O)Oc1cccc(C(=O)O)c1.[Na+]. The van der Waals surface area contributed by atoms with Crippen molar-refractivity contribution in [2.24, 2.45) is 0 Å². The van der Waals surface area contributed by atoms with Crippen LogP contribution in [0.15, 0.2) is 24.3 Å². The second kappa shape index (κ2) is 9.52. The van der Waals surface area contributed by atoms with Crippen molar-refractivity contribution in [3.63, 3.8) is 0 Å². The molecule has 0 unspecified atom stereocenters. The maximum absolute atomic E-state index is 11.4. The fourth-order valence-corrected chi connectivity index (χ4v) is 1.41. The van der Waals surface area contributed by atoms with E-state index < -0.39 is 17.9 Å². The Morgan fingerprint density at radius 3 is 2.40 bits per heavy atom. The minimum Gasteiger partial charge on any atom is -0.550 e. The van der Waals surface area contributed by atoms with E-state index in [2.05, 4.69) is 0 Å². The van der Waals surface area contributed by atoms with E-state index in [1.165, 1.54) is 24.3 Å². The van der Waals surface area contributed by atoms with E-state index in [0.717, 1.165) is 0 Å². The Morgan fingerprint density at radius 2 is 1.80 bits per heavy atom. The predicted molar refractivity (Wildman–Crippen MR) is 62.5 cm³/mol. The second-order valence-electron chi connectivity index (χ2n) is 3.89. The number of ether oxygens (including phenoxy) is 1. The van der Waals surface area contributed by atoms with Gasteiger partial charge in [-0.25, -0.2) is 4.79 Å². The Kier molecular flexibility index (Phi) is 8.87. The van der Waals surface area contributed by atoms with Crippen molar-refractivity contribution in [2.45, 2.75) is 25.7 Å². The summed E-state index contributed by atoms with van der Waals surface area (Å²) in [6, 6.07) is 5.59. The van der Waals surface area contributed by atoms with E-state index in [-0.39, 0.29) is 53.7 Å². The molecule has 1 aromatic rings. The summed E-state index contributed by atoms with van der Waals surface area (Å²) in [5, 5.41) is 18.9. The molecule has 20 heavy (non-hydrogen) atoms. The molecule has 0 heterocycles. The van der Waals surface area contributed by atoms with Crippen LogP contribution in [0.5, 0.6) is 5.75 Å². The molecular formula is C13H13NaO6. The molecule has 1 aromatic carbocycles. The van der Waals surface area contributed by atoms with Crippen molar-refractivity contribution in [1.29, 1.82) is 0 Å². The third-order valence-electron chi connectivity index (χ3n) is 2.32. The van der Waals surface area contributed by atoms with Gasteiger partial charge >= 0.3 is 41.5 Å². The van der Waals surface area contributed by atoms with Gasteiger partial charge in [0.05, 0.1) is 5.56 Å². The first-order valence-corrected chi connectivity index (χ1v) is 5.73. The third kappa shape index (κ3) is 7.28. The van der Waals surface area contributed by atoms with E-state index in [4.69, 9.17) is 9.84 Å². The van der Waals surface area contributed by atoms with Crippen LogP contribution in [0.25, 0.3) is 0 Å². The van der Waals surface area contributed by atoms with Gasteiger partial charge in [0.2, 0.25) is 0 Å². The number of carbonyl (C=O) groups is 3. The first kappa shape index (κ1) is 18.6. The van der Waals surface area contributed by atoms with Gasteiger partial charge in [0.25, 0.3) is 0 Å². The monoisotopic (exact) mass is 288 g/mol. The van der Waals surface area contributed by atoms with E-state index in [9.17, 15) is 19.5 Å². The predicted octanol–water partition coefficient (Wildman–Crippen LogP) is -2.40. The summed E-state index contributed by atoms with van der Waals surface area (Å²) in [6.45, 7) is 0. The molecule has 0 aliphatic heterocycles. The van der Waals surface area contributed by atoms with E-state index in [0.29, 0.717) is 12.8 Å². The summed E-state index contributed by atoms with van der Waals surface area (Å²) < 4.78 is 4.95. The number of carboxylic acids is 2. The normalized spacial score (nSPS) is 9.40. The number of aromatic carboxylic acids is 1. The number of aliphatic carboxylic acids is 1. The van der Waals surface area contributed by atoms with Gasteiger partial charge < -0.3 is 19.7 Å². The average Bonchev–Trinajstić information content (AvgIpc) is 2.34. The van der Waals surface area contributed by atoms with Gasteiger partial charge in [-0.2, -0.15) is 0 Å². The van der Waals surface area contributed by atoms with Crippen LogP contribution in [0, 0.1) is 0 Å². The Balaban J connectivity index is 0.00000361. The maximum atomic E-state index is 11.4. The molecule has 0 saturated carbocycles. The molecule has 1 rings (SSSR count). The summed E-state index contributed by atoms with van der Waals surface area (Å²) in [6.07, 6.45) is 0.699. The van der Waals surface area contributed by atoms with Crippen LogP contribution >= 0.6 is 0 Å². The quantitative estimate of drug-likeness (QED) is 0.260. The van der Waals surface area contributed by atoms with E-state index in [1.54, 1.807) is 0 Å². The summed E-state index contributed by atoms with van der Waals surface area (Å²) >= 11 is 0. The van der Waals surface area contributed by atoms with Crippen LogP contribution in [-0.2, 0) is 9.59 Å². The number of carbonyl (C=O) groups excluding carboxylic acids is 2. The zero-order valence-corrected chi connectivity index (χ0v) is 13.1. The van der Waals surface area contributed by atoms with Crippen molar-refractivity contribution >= 4 is 17.9 Å². The molecule has 0 aromatic heterocycles. The smallest absolute Gasteiger partial charge is 0.550 e. The van der Waals surface area contributed by atoms with Crippen LogP contribution in [0.3, 0.4) is 0 Å². The molecule has 0 radical (unpaired) electrons. The van der Waals surface area contributed by atoms with Crippen LogP contribution in [0.1, 0.15) is 36.0 Å². The summed E-state index contributed by atoms with van der Waals surface area (Å²) in [5.41, 5.74) is 0.0299. The van der Waals surface area contributed by atoms with Gasteiger partial charge in [0, 0.05) is 12.4 Å². The van der Waals surface area contributed by atoms with Crippen LogP contribution in [0.2, 0.25) is 0 Å².